The van der Waals surface area contributed by atoms with Crippen molar-refractivity contribution in [3.63, 3.8) is 0 Å². The summed E-state index contributed by atoms with van der Waals surface area (Å²) < 4.78 is 37.6. The quantitative estimate of drug-likeness (QED) is 0.0899. The molecule has 5 aromatic rings. The summed E-state index contributed by atoms with van der Waals surface area (Å²) in [5.41, 5.74) is 5.09. The highest BCUT2D eigenvalue weighted by Gasteiger charge is 2.26. The normalized spacial score (nSPS) is 15.7. The van der Waals surface area contributed by atoms with Crippen LogP contribution in [0, 0.1) is 17.7 Å². The Bertz CT molecular complexity index is 1850. The Labute approximate surface area is 309 Å². The van der Waals surface area contributed by atoms with Crippen molar-refractivity contribution in [2.45, 2.75) is 90.7 Å². The van der Waals surface area contributed by atoms with E-state index >= 15 is 4.39 Å². The van der Waals surface area contributed by atoms with E-state index in [4.69, 9.17) is 9.47 Å². The van der Waals surface area contributed by atoms with Crippen molar-refractivity contribution in [1.82, 2.24) is 8.75 Å². The van der Waals surface area contributed by atoms with Crippen LogP contribution in [0.1, 0.15) is 102 Å². The number of rotatable bonds is 18. The van der Waals surface area contributed by atoms with E-state index in [1.807, 2.05) is 18.2 Å². The molecule has 3 aromatic carbocycles. The summed E-state index contributed by atoms with van der Waals surface area (Å²) in [6.07, 6.45) is 12.8. The van der Waals surface area contributed by atoms with Crippen LogP contribution in [0.3, 0.4) is 0 Å². The molecule has 1 aliphatic heterocycles. The van der Waals surface area contributed by atoms with Crippen molar-refractivity contribution in [3.8, 4) is 32.4 Å². The number of thioether (sulfide) groups is 1. The fourth-order valence-electron chi connectivity index (χ4n) is 6.52. The Kier molecular flexibility index (Phi) is 13.0. The van der Waals surface area contributed by atoms with Gasteiger partial charge in [-0.05, 0) is 96.8 Å². The van der Waals surface area contributed by atoms with Crippen LogP contribution in [0.2, 0.25) is 0 Å². The number of benzene rings is 3. The van der Waals surface area contributed by atoms with E-state index in [2.05, 4.69) is 85.0 Å². The van der Waals surface area contributed by atoms with Crippen LogP contribution in [0.25, 0.3) is 36.8 Å². The van der Waals surface area contributed by atoms with Gasteiger partial charge in [-0.15, -0.1) is 23.1 Å². The molecule has 0 bridgehead atoms. The Morgan fingerprint density at radius 3 is 1.98 bits per heavy atom. The number of ether oxygens (including phenoxy) is 2. The molecule has 1 aliphatic rings. The lowest BCUT2D eigenvalue weighted by atomic mass is 10.0. The average molecular weight is 729 g/mol. The molecule has 0 amide bonds. The van der Waals surface area contributed by atoms with Crippen LogP contribution in [-0.4, -0.2) is 22.0 Å². The summed E-state index contributed by atoms with van der Waals surface area (Å²) in [6, 6.07) is 22.5. The fraction of sp³-hybridized carbons (Fsp3) is 0.429. The molecule has 8 heteroatoms. The first-order chi connectivity index (χ1) is 24.5. The second kappa shape index (κ2) is 17.8. The van der Waals surface area contributed by atoms with Crippen molar-refractivity contribution < 1.29 is 13.9 Å². The van der Waals surface area contributed by atoms with E-state index in [9.17, 15) is 0 Å². The molecule has 0 saturated heterocycles. The highest BCUT2D eigenvalue weighted by molar-refractivity contribution is 8.08. The van der Waals surface area contributed by atoms with Gasteiger partial charge in [-0.1, -0.05) is 84.4 Å². The topological polar surface area (TPSA) is 44.2 Å². The Hall–Kier alpha value is -3.20. The lowest BCUT2D eigenvalue weighted by Gasteiger charge is -2.16. The molecular weight excluding hydrogens is 680 g/mol. The molecule has 6 rings (SSSR count). The van der Waals surface area contributed by atoms with Crippen molar-refractivity contribution >= 4 is 50.8 Å². The molecule has 50 heavy (non-hydrogen) atoms. The summed E-state index contributed by atoms with van der Waals surface area (Å²) in [7, 11) is 0. The second-order valence-corrected chi connectivity index (χ2v) is 16.2. The van der Waals surface area contributed by atoms with Crippen molar-refractivity contribution in [2.75, 3.05) is 13.2 Å². The first-order valence-electron chi connectivity index (χ1n) is 18.4. The van der Waals surface area contributed by atoms with Gasteiger partial charge in [0.15, 0.2) is 0 Å². The molecule has 0 saturated carbocycles. The maximum Gasteiger partial charge on any atom is 0.134 e. The van der Waals surface area contributed by atoms with E-state index in [1.54, 1.807) is 29.2 Å². The maximum absolute atomic E-state index is 16.1. The summed E-state index contributed by atoms with van der Waals surface area (Å²) in [5.74, 6) is 2.75. The molecule has 3 heterocycles. The number of aromatic nitrogens is 2. The molecule has 2 aromatic heterocycles. The summed E-state index contributed by atoms with van der Waals surface area (Å²) in [4.78, 5) is 2.99. The highest BCUT2D eigenvalue weighted by atomic mass is 32.2. The lowest BCUT2D eigenvalue weighted by Crippen LogP contribution is -2.11. The van der Waals surface area contributed by atoms with Gasteiger partial charge in [0.25, 0.3) is 0 Å². The minimum Gasteiger partial charge on any atom is -0.493 e. The van der Waals surface area contributed by atoms with Crippen LogP contribution >= 0.6 is 34.8 Å². The van der Waals surface area contributed by atoms with Gasteiger partial charge in [-0.3, -0.25) is 0 Å². The van der Waals surface area contributed by atoms with Crippen LogP contribution in [0.15, 0.2) is 72.8 Å². The number of thiophene rings is 1. The van der Waals surface area contributed by atoms with Crippen LogP contribution in [-0.2, 0) is 0 Å². The van der Waals surface area contributed by atoms with Gasteiger partial charge in [0.2, 0.25) is 0 Å². The SMILES string of the molecule is CCCCC(CC)COc1ccc(-c2ccc(-c3c(F)cc(C4=CCC(c5ccc(OCC(CC)CCCC)cc5)S4)c4nsnc34)s2)cc1. The van der Waals surface area contributed by atoms with Crippen molar-refractivity contribution in [2.24, 2.45) is 11.8 Å². The van der Waals surface area contributed by atoms with Crippen molar-refractivity contribution in [1.29, 1.82) is 0 Å². The van der Waals surface area contributed by atoms with Gasteiger partial charge in [0.1, 0.15) is 28.3 Å². The highest BCUT2D eigenvalue weighted by Crippen LogP contribution is 2.51. The van der Waals surface area contributed by atoms with Gasteiger partial charge >= 0.3 is 0 Å². The number of hydrogen-bond donors (Lipinski definition) is 0. The molecule has 0 N–H and O–H groups in total. The first-order valence-corrected chi connectivity index (χ1v) is 20.8. The van der Waals surface area contributed by atoms with E-state index in [1.165, 1.54) is 44.1 Å². The van der Waals surface area contributed by atoms with Crippen LogP contribution in [0.4, 0.5) is 4.39 Å². The zero-order chi connectivity index (χ0) is 34.9. The fourth-order valence-corrected chi connectivity index (χ4v) is 9.41. The molecule has 0 aliphatic carbocycles. The number of nitrogens with zero attached hydrogens (tertiary/aromatic N) is 2. The van der Waals surface area contributed by atoms with Gasteiger partial charge < -0.3 is 9.47 Å². The van der Waals surface area contributed by atoms with Gasteiger partial charge in [0.05, 0.1) is 30.5 Å². The minimum atomic E-state index is -0.262. The maximum atomic E-state index is 16.1. The molecule has 3 atom stereocenters. The third kappa shape index (κ3) is 8.80. The second-order valence-electron chi connectivity index (χ2n) is 13.4. The molecule has 4 nitrogen and oxygen atoms in total. The number of fused-ring (bicyclic) bond motifs is 1. The van der Waals surface area contributed by atoms with Gasteiger partial charge in [-0.2, -0.15) is 8.75 Å². The monoisotopic (exact) mass is 728 g/mol. The van der Waals surface area contributed by atoms with Gasteiger partial charge in [0, 0.05) is 25.5 Å². The minimum absolute atomic E-state index is 0.262. The zero-order valence-corrected chi connectivity index (χ0v) is 32.2. The molecule has 3 unspecified atom stereocenters. The van der Waals surface area contributed by atoms with Crippen LogP contribution in [0.5, 0.6) is 11.5 Å². The van der Waals surface area contributed by atoms with E-state index in [0.717, 1.165) is 87.0 Å². The van der Waals surface area contributed by atoms with Crippen molar-refractivity contribution in [3.05, 3.63) is 89.8 Å². The van der Waals surface area contributed by atoms with Crippen LogP contribution < -0.4 is 9.47 Å². The zero-order valence-electron chi connectivity index (χ0n) is 29.8. The predicted molar refractivity (Wildman–Crippen MR) is 213 cm³/mol. The molecule has 0 spiro atoms. The summed E-state index contributed by atoms with van der Waals surface area (Å²) in [5, 5.41) is 0.266. The third-order valence-electron chi connectivity index (χ3n) is 9.84. The first kappa shape index (κ1) is 36.6. The smallest absolute Gasteiger partial charge is 0.134 e. The number of unbranched alkanes of at least 4 members (excludes halogenated alkanes) is 2. The van der Waals surface area contributed by atoms with E-state index < -0.39 is 0 Å². The molecule has 0 fully saturated rings. The number of allylic oxidation sites excluding steroid dienone is 1. The van der Waals surface area contributed by atoms with E-state index in [-0.39, 0.29) is 11.1 Å². The Morgan fingerprint density at radius 1 is 0.760 bits per heavy atom. The average Bonchev–Trinajstić information content (AvgIpc) is 3.94. The Balaban J connectivity index is 1.12. The Morgan fingerprint density at radius 2 is 1.36 bits per heavy atom. The molecular formula is C42H49FN2O2S3. The standard InChI is InChI=1S/C42H49FN2O2S3/c1-5-9-11-28(7-3)26-46-32-17-13-30(14-18-32)36-21-23-38(48-36)34-25-35(43)40(42-41(34)44-50-45-42)39-24-22-37(49-39)31-15-19-33(20-16-31)47-27-29(8-4)12-10-6-2/h13-20,22-25,28-29,36H,5-12,21,26-27H2,1-4H3. The summed E-state index contributed by atoms with van der Waals surface area (Å²) in [6.45, 7) is 10.5. The number of halogens is 1. The molecule has 0 radical (unpaired) electrons. The third-order valence-corrected chi connectivity index (χ3v) is 12.9. The lowest BCUT2D eigenvalue weighted by molar-refractivity contribution is 0.233. The molecule has 264 valence electrons. The number of hydrogen-bond acceptors (Lipinski definition) is 7. The van der Waals surface area contributed by atoms with Gasteiger partial charge in [-0.25, -0.2) is 4.39 Å². The predicted octanol–water partition coefficient (Wildman–Crippen LogP) is 13.6. The largest absolute Gasteiger partial charge is 0.493 e. The summed E-state index contributed by atoms with van der Waals surface area (Å²) >= 11 is 4.50. The van der Waals surface area contributed by atoms with E-state index in [0.29, 0.717) is 22.9 Å².